The Balaban J connectivity index is 1.53. The van der Waals surface area contributed by atoms with E-state index in [1.807, 2.05) is 31.2 Å². The van der Waals surface area contributed by atoms with E-state index in [0.29, 0.717) is 31.0 Å². The second-order valence-corrected chi connectivity index (χ2v) is 6.70. The monoisotopic (exact) mass is 395 g/mol. The number of aryl methyl sites for hydroxylation is 3. The summed E-state index contributed by atoms with van der Waals surface area (Å²) in [4.78, 5) is 12.8. The van der Waals surface area contributed by atoms with Crippen LogP contribution in [0.4, 0.5) is 0 Å². The quantitative estimate of drug-likeness (QED) is 0.515. The minimum Gasteiger partial charge on any atom is -0.497 e. The second-order valence-electron chi connectivity index (χ2n) is 6.70. The Morgan fingerprint density at radius 2 is 2.10 bits per heavy atom. The van der Waals surface area contributed by atoms with Gasteiger partial charge < -0.3 is 14.4 Å². The lowest BCUT2D eigenvalue weighted by molar-refractivity contribution is 0.395. The summed E-state index contributed by atoms with van der Waals surface area (Å²) >= 11 is 0. The van der Waals surface area contributed by atoms with Crippen LogP contribution in [-0.2, 0) is 19.5 Å². The Morgan fingerprint density at radius 1 is 1.24 bits per heavy atom. The zero-order valence-electron chi connectivity index (χ0n) is 16.1. The number of rotatable bonds is 7. The first-order valence-corrected chi connectivity index (χ1v) is 9.12. The lowest BCUT2D eigenvalue weighted by atomic mass is 10.1. The molecule has 0 fully saturated rings. The number of benzene rings is 1. The molecule has 4 aromatic rings. The minimum atomic E-state index is -0.328. The molecule has 150 valence electrons. The van der Waals surface area contributed by atoms with E-state index in [0.717, 1.165) is 16.9 Å². The van der Waals surface area contributed by atoms with Gasteiger partial charge in [-0.1, -0.05) is 17.3 Å². The molecule has 0 radical (unpaired) electrons. The van der Waals surface area contributed by atoms with Gasteiger partial charge in [-0.25, -0.2) is 9.36 Å². The number of methoxy groups -OCH3 is 1. The Labute approximate surface area is 166 Å². The summed E-state index contributed by atoms with van der Waals surface area (Å²) in [6.07, 6.45) is 6.93. The van der Waals surface area contributed by atoms with Gasteiger partial charge in [-0.15, -0.1) is 0 Å². The number of aromatic hydroxyl groups is 1. The number of ether oxygens (including phenoxy) is 1. The van der Waals surface area contributed by atoms with Crippen LogP contribution in [0.15, 0.2) is 58.4 Å². The van der Waals surface area contributed by atoms with Crippen molar-refractivity contribution in [1.82, 2.24) is 24.1 Å². The molecule has 3 heterocycles. The van der Waals surface area contributed by atoms with Crippen molar-refractivity contribution in [3.63, 3.8) is 0 Å². The first-order valence-electron chi connectivity index (χ1n) is 9.12. The highest BCUT2D eigenvalue weighted by Crippen LogP contribution is 2.17. The molecule has 29 heavy (non-hydrogen) atoms. The van der Waals surface area contributed by atoms with Gasteiger partial charge in [-0.2, -0.15) is 5.10 Å². The topological polar surface area (TPSA) is 100 Å². The van der Waals surface area contributed by atoms with E-state index in [1.165, 1.54) is 21.5 Å². The zero-order chi connectivity index (χ0) is 20.4. The molecule has 0 aliphatic carbocycles. The van der Waals surface area contributed by atoms with Crippen LogP contribution >= 0.6 is 0 Å². The van der Waals surface area contributed by atoms with Crippen molar-refractivity contribution in [3.05, 3.63) is 76.4 Å². The predicted octanol–water partition coefficient (Wildman–Crippen LogP) is 2.14. The fraction of sp³-hybridized carbons (Fsp3) is 0.250. The van der Waals surface area contributed by atoms with E-state index in [-0.39, 0.29) is 11.6 Å². The SMILES string of the molecule is COc1cccc(CCn2cc(O)n(-c3cnn(Cc4cnoc4C)c3)c2=O)c1. The summed E-state index contributed by atoms with van der Waals surface area (Å²) in [6, 6.07) is 7.68. The van der Waals surface area contributed by atoms with Crippen molar-refractivity contribution in [3.8, 4) is 17.3 Å². The maximum absolute atomic E-state index is 12.8. The van der Waals surface area contributed by atoms with Gasteiger partial charge >= 0.3 is 5.69 Å². The lowest BCUT2D eigenvalue weighted by Gasteiger charge is -2.04. The molecule has 9 heteroatoms. The average molecular weight is 395 g/mol. The van der Waals surface area contributed by atoms with E-state index < -0.39 is 0 Å². The van der Waals surface area contributed by atoms with Crippen LogP contribution in [0.3, 0.4) is 0 Å². The van der Waals surface area contributed by atoms with Crippen LogP contribution in [0.2, 0.25) is 0 Å². The fourth-order valence-corrected chi connectivity index (χ4v) is 3.16. The molecule has 1 aromatic carbocycles. The average Bonchev–Trinajstić information content (AvgIpc) is 3.41. The van der Waals surface area contributed by atoms with Gasteiger partial charge in [0.1, 0.15) is 11.5 Å². The smallest absolute Gasteiger partial charge is 0.335 e. The highest BCUT2D eigenvalue weighted by molar-refractivity contribution is 5.32. The normalized spacial score (nSPS) is 11.1. The molecular weight excluding hydrogens is 374 g/mol. The molecule has 0 amide bonds. The van der Waals surface area contributed by atoms with E-state index in [2.05, 4.69) is 10.3 Å². The first kappa shape index (κ1) is 18.6. The predicted molar refractivity (Wildman–Crippen MR) is 105 cm³/mol. The van der Waals surface area contributed by atoms with Crippen LogP contribution < -0.4 is 10.4 Å². The molecule has 9 nitrogen and oxygen atoms in total. The summed E-state index contributed by atoms with van der Waals surface area (Å²) in [5.74, 6) is 1.35. The molecule has 0 aliphatic heterocycles. The molecule has 0 saturated heterocycles. The van der Waals surface area contributed by atoms with Gasteiger partial charge in [0.2, 0.25) is 5.88 Å². The largest absolute Gasteiger partial charge is 0.497 e. The zero-order valence-corrected chi connectivity index (χ0v) is 16.1. The van der Waals surface area contributed by atoms with Crippen molar-refractivity contribution >= 4 is 0 Å². The summed E-state index contributed by atoms with van der Waals surface area (Å²) in [6.45, 7) is 2.72. The molecular formula is C20H21N5O4. The molecule has 1 N–H and O–H groups in total. The van der Waals surface area contributed by atoms with Crippen molar-refractivity contribution < 1.29 is 14.4 Å². The van der Waals surface area contributed by atoms with Gasteiger partial charge in [-0.05, 0) is 31.0 Å². The second kappa shape index (κ2) is 7.70. The Bertz CT molecular complexity index is 1180. The van der Waals surface area contributed by atoms with E-state index in [1.54, 1.807) is 24.2 Å². The van der Waals surface area contributed by atoms with Gasteiger partial charge in [0.15, 0.2) is 0 Å². The van der Waals surface area contributed by atoms with Crippen LogP contribution in [0, 0.1) is 6.92 Å². The highest BCUT2D eigenvalue weighted by Gasteiger charge is 2.15. The summed E-state index contributed by atoms with van der Waals surface area (Å²) < 4.78 is 14.7. The molecule has 0 atom stereocenters. The lowest BCUT2D eigenvalue weighted by Crippen LogP contribution is -2.23. The number of hydrogen-bond acceptors (Lipinski definition) is 6. The third kappa shape index (κ3) is 3.79. The highest BCUT2D eigenvalue weighted by atomic mass is 16.5. The summed E-state index contributed by atoms with van der Waals surface area (Å²) in [7, 11) is 1.62. The van der Waals surface area contributed by atoms with Gasteiger partial charge in [-0.3, -0.25) is 9.25 Å². The Hall–Kier alpha value is -3.75. The van der Waals surface area contributed by atoms with Gasteiger partial charge in [0.25, 0.3) is 0 Å². The van der Waals surface area contributed by atoms with Crippen molar-refractivity contribution in [2.24, 2.45) is 0 Å². The van der Waals surface area contributed by atoms with E-state index >= 15 is 0 Å². The van der Waals surface area contributed by atoms with E-state index in [4.69, 9.17) is 9.26 Å². The number of nitrogens with zero attached hydrogens (tertiary/aromatic N) is 5. The van der Waals surface area contributed by atoms with Crippen molar-refractivity contribution in [2.45, 2.75) is 26.4 Å². The molecule has 4 rings (SSSR count). The number of imidazole rings is 1. The first-order chi connectivity index (χ1) is 14.0. The van der Waals surface area contributed by atoms with Crippen molar-refractivity contribution in [2.75, 3.05) is 7.11 Å². The molecule has 0 bridgehead atoms. The Kier molecular flexibility index (Phi) is 4.94. The maximum atomic E-state index is 12.8. The summed E-state index contributed by atoms with van der Waals surface area (Å²) in [5.41, 5.74) is 2.10. The minimum absolute atomic E-state index is 0.138. The van der Waals surface area contributed by atoms with Crippen LogP contribution in [0.25, 0.3) is 5.69 Å². The molecule has 0 unspecified atom stereocenters. The van der Waals surface area contributed by atoms with Crippen molar-refractivity contribution in [1.29, 1.82) is 0 Å². The third-order valence-corrected chi connectivity index (χ3v) is 4.77. The standard InChI is InChI=1S/C20H21N5O4/c1-14-16(9-22-29-14)11-24-12-17(10-21-24)25-19(26)13-23(20(25)27)7-6-15-4-3-5-18(8-15)28-2/h3-5,8-10,12-13,26H,6-7,11H2,1-2H3. The summed E-state index contributed by atoms with van der Waals surface area (Å²) in [5, 5.41) is 18.3. The molecule has 3 aromatic heterocycles. The number of hydrogen-bond donors (Lipinski definition) is 1. The Morgan fingerprint density at radius 3 is 2.86 bits per heavy atom. The maximum Gasteiger partial charge on any atom is 0.335 e. The van der Waals surface area contributed by atoms with E-state index in [9.17, 15) is 9.90 Å². The van der Waals surface area contributed by atoms with Crippen LogP contribution in [0.1, 0.15) is 16.9 Å². The molecule has 0 aliphatic rings. The van der Waals surface area contributed by atoms with Gasteiger partial charge in [0, 0.05) is 18.3 Å². The fourth-order valence-electron chi connectivity index (χ4n) is 3.16. The third-order valence-electron chi connectivity index (χ3n) is 4.77. The molecule has 0 spiro atoms. The number of aromatic nitrogens is 5. The van der Waals surface area contributed by atoms with Crippen LogP contribution in [0.5, 0.6) is 11.6 Å². The molecule has 0 saturated carbocycles. The van der Waals surface area contributed by atoms with Gasteiger partial charge in [0.05, 0.1) is 37.9 Å². The van der Waals surface area contributed by atoms with Crippen LogP contribution in [-0.4, -0.2) is 36.3 Å².